The van der Waals surface area contributed by atoms with Gasteiger partial charge in [-0.3, -0.25) is 4.79 Å². The van der Waals surface area contributed by atoms with Crippen molar-refractivity contribution in [2.45, 2.75) is 12.3 Å². The fourth-order valence-corrected chi connectivity index (χ4v) is 2.37. The van der Waals surface area contributed by atoms with Crippen molar-refractivity contribution in [1.82, 2.24) is 0 Å². The lowest BCUT2D eigenvalue weighted by atomic mass is 10.1. The minimum atomic E-state index is -0.754. The van der Waals surface area contributed by atoms with Crippen LogP contribution in [0.5, 0.6) is 0 Å². The highest BCUT2D eigenvalue weighted by Crippen LogP contribution is 2.47. The molecule has 2 aromatic rings. The number of hydrogen-bond acceptors (Lipinski definition) is 1. The Bertz CT molecular complexity index is 642. The Labute approximate surface area is 115 Å². The maximum Gasteiger partial charge on any atom is 0.228 e. The number of amides is 1. The van der Waals surface area contributed by atoms with Gasteiger partial charge in [0.1, 0.15) is 11.6 Å². The Morgan fingerprint density at radius 3 is 2.55 bits per heavy atom. The maximum absolute atomic E-state index is 13.5. The van der Waals surface area contributed by atoms with E-state index in [-0.39, 0.29) is 23.4 Å². The molecule has 102 valence electrons. The number of carbonyl (C=O) groups excluding carboxylic acids is 1. The van der Waals surface area contributed by atoms with Crippen molar-refractivity contribution in [2.24, 2.45) is 5.92 Å². The van der Waals surface area contributed by atoms with E-state index in [0.717, 1.165) is 24.1 Å². The summed E-state index contributed by atoms with van der Waals surface area (Å²) in [5.41, 5.74) is 1.14. The van der Waals surface area contributed by atoms with Gasteiger partial charge in [-0.25, -0.2) is 8.78 Å². The van der Waals surface area contributed by atoms with Crippen LogP contribution in [0.2, 0.25) is 0 Å². The Hall–Kier alpha value is -2.23. The molecule has 2 nitrogen and oxygen atoms in total. The van der Waals surface area contributed by atoms with Gasteiger partial charge in [-0.1, -0.05) is 30.3 Å². The molecule has 0 aromatic heterocycles. The molecule has 1 fully saturated rings. The van der Waals surface area contributed by atoms with E-state index in [4.69, 9.17) is 0 Å². The molecule has 0 saturated heterocycles. The second-order valence-corrected chi connectivity index (χ2v) is 4.97. The molecular weight excluding hydrogens is 260 g/mol. The van der Waals surface area contributed by atoms with Crippen LogP contribution in [0.3, 0.4) is 0 Å². The van der Waals surface area contributed by atoms with Crippen molar-refractivity contribution in [2.75, 3.05) is 5.32 Å². The predicted octanol–water partition coefficient (Wildman–Crippen LogP) is 3.71. The molecule has 0 aliphatic heterocycles. The van der Waals surface area contributed by atoms with Crippen LogP contribution in [0, 0.1) is 17.6 Å². The van der Waals surface area contributed by atoms with Crippen molar-refractivity contribution >= 4 is 11.6 Å². The second-order valence-electron chi connectivity index (χ2n) is 4.97. The van der Waals surface area contributed by atoms with Gasteiger partial charge in [-0.05, 0) is 30.0 Å². The van der Waals surface area contributed by atoms with Crippen LogP contribution in [0.4, 0.5) is 14.5 Å². The summed E-state index contributed by atoms with van der Waals surface area (Å²) >= 11 is 0. The molecule has 0 bridgehead atoms. The topological polar surface area (TPSA) is 29.1 Å². The first-order valence-corrected chi connectivity index (χ1v) is 6.46. The van der Waals surface area contributed by atoms with Crippen LogP contribution in [0.15, 0.2) is 48.5 Å². The number of nitrogens with one attached hydrogen (secondary N) is 1. The van der Waals surface area contributed by atoms with Gasteiger partial charge in [0, 0.05) is 12.0 Å². The summed E-state index contributed by atoms with van der Waals surface area (Å²) < 4.78 is 26.2. The van der Waals surface area contributed by atoms with Crippen LogP contribution >= 0.6 is 0 Å². The van der Waals surface area contributed by atoms with Crippen molar-refractivity contribution in [3.05, 3.63) is 65.7 Å². The lowest BCUT2D eigenvalue weighted by Gasteiger charge is -2.06. The minimum Gasteiger partial charge on any atom is -0.323 e. The maximum atomic E-state index is 13.5. The van der Waals surface area contributed by atoms with Crippen molar-refractivity contribution < 1.29 is 13.6 Å². The molecule has 1 aliphatic carbocycles. The number of anilines is 1. The van der Waals surface area contributed by atoms with Gasteiger partial charge >= 0.3 is 0 Å². The third-order valence-corrected chi connectivity index (χ3v) is 3.54. The zero-order valence-electron chi connectivity index (χ0n) is 10.6. The molecule has 0 radical (unpaired) electrons. The van der Waals surface area contributed by atoms with E-state index in [9.17, 15) is 13.6 Å². The van der Waals surface area contributed by atoms with E-state index in [1.807, 2.05) is 30.3 Å². The number of benzene rings is 2. The van der Waals surface area contributed by atoms with Crippen molar-refractivity contribution in [1.29, 1.82) is 0 Å². The summed E-state index contributed by atoms with van der Waals surface area (Å²) in [5, 5.41) is 2.52. The van der Waals surface area contributed by atoms with Gasteiger partial charge < -0.3 is 5.32 Å². The Kier molecular flexibility index (Phi) is 3.22. The molecule has 1 amide bonds. The molecule has 4 heteroatoms. The standard InChI is InChI=1S/C16H13F2NO/c17-11-6-7-15(14(18)8-11)19-16(20)13-9-12(13)10-4-2-1-3-5-10/h1-8,12-13H,9H2,(H,19,20)/t12-,13-/m1/s1. The molecule has 20 heavy (non-hydrogen) atoms. The zero-order chi connectivity index (χ0) is 14.1. The summed E-state index contributed by atoms with van der Waals surface area (Å²) in [7, 11) is 0. The molecule has 2 aromatic carbocycles. The summed E-state index contributed by atoms with van der Waals surface area (Å²) in [6.45, 7) is 0. The van der Waals surface area contributed by atoms with Crippen LogP contribution < -0.4 is 5.32 Å². The van der Waals surface area contributed by atoms with Gasteiger partial charge in [-0.2, -0.15) is 0 Å². The lowest BCUT2D eigenvalue weighted by Crippen LogP contribution is -2.15. The monoisotopic (exact) mass is 273 g/mol. The van der Waals surface area contributed by atoms with Crippen LogP contribution in [0.25, 0.3) is 0 Å². The van der Waals surface area contributed by atoms with Gasteiger partial charge in [0.05, 0.1) is 5.69 Å². The Morgan fingerprint density at radius 1 is 1.10 bits per heavy atom. The quantitative estimate of drug-likeness (QED) is 0.907. The Balaban J connectivity index is 1.67. The fraction of sp³-hybridized carbons (Fsp3) is 0.188. The third-order valence-electron chi connectivity index (χ3n) is 3.54. The average molecular weight is 273 g/mol. The number of rotatable bonds is 3. The van der Waals surface area contributed by atoms with Gasteiger partial charge in [-0.15, -0.1) is 0 Å². The van der Waals surface area contributed by atoms with Gasteiger partial charge in [0.25, 0.3) is 0 Å². The smallest absolute Gasteiger partial charge is 0.228 e. The van der Waals surface area contributed by atoms with Gasteiger partial charge in [0.2, 0.25) is 5.91 Å². The van der Waals surface area contributed by atoms with Crippen molar-refractivity contribution in [3.63, 3.8) is 0 Å². The van der Waals surface area contributed by atoms with Crippen LogP contribution in [-0.4, -0.2) is 5.91 Å². The van der Waals surface area contributed by atoms with E-state index < -0.39 is 11.6 Å². The van der Waals surface area contributed by atoms with E-state index in [1.165, 1.54) is 6.07 Å². The van der Waals surface area contributed by atoms with Gasteiger partial charge in [0.15, 0.2) is 0 Å². The minimum absolute atomic E-state index is 0.0233. The summed E-state index contributed by atoms with van der Waals surface area (Å²) in [6.07, 6.45) is 0.763. The highest BCUT2D eigenvalue weighted by Gasteiger charge is 2.43. The highest BCUT2D eigenvalue weighted by molar-refractivity contribution is 5.95. The molecule has 0 heterocycles. The highest BCUT2D eigenvalue weighted by atomic mass is 19.1. The van der Waals surface area contributed by atoms with Crippen molar-refractivity contribution in [3.8, 4) is 0 Å². The second kappa shape index (κ2) is 5.04. The first kappa shape index (κ1) is 12.8. The SMILES string of the molecule is O=C(Nc1ccc(F)cc1F)[C@@H]1C[C@@H]1c1ccccc1. The molecular formula is C16H13F2NO. The van der Waals surface area contributed by atoms with E-state index >= 15 is 0 Å². The summed E-state index contributed by atoms with van der Waals surface area (Å²) in [4.78, 5) is 12.0. The normalized spacial score (nSPS) is 20.5. The third kappa shape index (κ3) is 2.54. The van der Waals surface area contributed by atoms with E-state index in [2.05, 4.69) is 5.32 Å². The largest absolute Gasteiger partial charge is 0.323 e. The molecule has 1 saturated carbocycles. The average Bonchev–Trinajstić information content (AvgIpc) is 3.23. The summed E-state index contributed by atoms with van der Waals surface area (Å²) in [5.74, 6) is -1.57. The number of carbonyl (C=O) groups is 1. The Morgan fingerprint density at radius 2 is 1.85 bits per heavy atom. The van der Waals surface area contributed by atoms with E-state index in [1.54, 1.807) is 0 Å². The molecule has 1 N–H and O–H groups in total. The zero-order valence-corrected chi connectivity index (χ0v) is 10.6. The molecule has 0 unspecified atom stereocenters. The molecule has 0 spiro atoms. The summed E-state index contributed by atoms with van der Waals surface area (Å²) in [6, 6.07) is 12.9. The predicted molar refractivity (Wildman–Crippen MR) is 72.3 cm³/mol. The number of hydrogen-bond donors (Lipinski definition) is 1. The molecule has 1 aliphatic rings. The molecule has 2 atom stereocenters. The first-order chi connectivity index (χ1) is 9.65. The first-order valence-electron chi connectivity index (χ1n) is 6.46. The van der Waals surface area contributed by atoms with Crippen LogP contribution in [-0.2, 0) is 4.79 Å². The lowest BCUT2D eigenvalue weighted by molar-refractivity contribution is -0.117. The number of halogens is 2. The fourth-order valence-electron chi connectivity index (χ4n) is 2.37. The van der Waals surface area contributed by atoms with E-state index in [0.29, 0.717) is 0 Å². The van der Waals surface area contributed by atoms with Crippen LogP contribution in [0.1, 0.15) is 17.9 Å². The molecule has 3 rings (SSSR count).